The third kappa shape index (κ3) is 3.67. The highest BCUT2D eigenvalue weighted by Crippen LogP contribution is 2.41. The maximum Gasteiger partial charge on any atom is 0.417 e. The second-order valence-corrected chi connectivity index (χ2v) is 10.4. The number of nitriles is 1. The zero-order chi connectivity index (χ0) is 25.2. The molecule has 4 rings (SSSR count). The van der Waals surface area contributed by atoms with Gasteiger partial charge in [0.25, 0.3) is 5.91 Å². The van der Waals surface area contributed by atoms with Crippen LogP contribution in [0.4, 0.5) is 30.2 Å². The molecule has 1 saturated heterocycles. The Labute approximate surface area is 199 Å². The summed E-state index contributed by atoms with van der Waals surface area (Å²) in [5.41, 5.74) is -2.63. The maximum absolute atomic E-state index is 13.5. The molecular weight excluding hydrogens is 491 g/mol. The minimum atomic E-state index is -4.81. The van der Waals surface area contributed by atoms with E-state index >= 15 is 0 Å². The van der Waals surface area contributed by atoms with Gasteiger partial charge in [0.15, 0.2) is 5.11 Å². The Hall–Kier alpha value is -3.21. The number of carbonyl (C=O) groups excluding carboxylic acids is 1. The van der Waals surface area contributed by atoms with Gasteiger partial charge in [-0.2, -0.15) is 23.2 Å². The number of carbonyl (C=O) groups is 1. The third-order valence-electron chi connectivity index (χ3n) is 5.57. The quantitative estimate of drug-likeness (QED) is 0.597. The molecule has 0 radical (unpaired) electrons. The number of sulfonamides is 1. The molecule has 178 valence electrons. The zero-order valence-electron chi connectivity index (χ0n) is 18.1. The van der Waals surface area contributed by atoms with E-state index in [4.69, 9.17) is 17.5 Å². The molecule has 2 aliphatic heterocycles. The minimum absolute atomic E-state index is 0.0506. The number of halogens is 3. The van der Waals surface area contributed by atoms with E-state index in [9.17, 15) is 26.4 Å². The molecule has 1 fully saturated rings. The molecule has 0 aromatic heterocycles. The fourth-order valence-corrected chi connectivity index (χ4v) is 5.88. The van der Waals surface area contributed by atoms with E-state index in [-0.39, 0.29) is 21.4 Å². The standard InChI is InChI=1S/C21H18F3N5O3S2/c1-11-26-16-7-6-14(9-17(16)34(31,32)27-11)29-19(33)28(18(30)20(29,2)3)13-5-4-12(10-25)15(8-13)21(22,23)24/h4-9,11,26-27H,1-3H3. The molecule has 2 N–H and O–H groups in total. The molecule has 1 atom stereocenters. The number of nitrogens with zero attached hydrogens (tertiary/aromatic N) is 3. The van der Waals surface area contributed by atoms with Crippen LogP contribution < -0.4 is 19.8 Å². The monoisotopic (exact) mass is 509 g/mol. The summed E-state index contributed by atoms with van der Waals surface area (Å²) in [6.07, 6.45) is -5.34. The van der Waals surface area contributed by atoms with E-state index in [1.165, 1.54) is 43.0 Å². The van der Waals surface area contributed by atoms with Crippen molar-refractivity contribution in [1.82, 2.24) is 4.72 Å². The van der Waals surface area contributed by atoms with Crippen LogP contribution >= 0.6 is 12.2 Å². The van der Waals surface area contributed by atoms with Gasteiger partial charge in [0, 0.05) is 5.69 Å². The van der Waals surface area contributed by atoms with Crippen molar-refractivity contribution >= 4 is 50.3 Å². The van der Waals surface area contributed by atoms with Crippen molar-refractivity contribution in [2.24, 2.45) is 0 Å². The predicted octanol–water partition coefficient (Wildman–Crippen LogP) is 3.54. The predicted molar refractivity (Wildman–Crippen MR) is 123 cm³/mol. The molecule has 2 aromatic carbocycles. The normalized spacial score (nSPS) is 21.1. The lowest BCUT2D eigenvalue weighted by atomic mass is 10.0. The van der Waals surface area contributed by atoms with Crippen molar-refractivity contribution in [3.05, 3.63) is 47.5 Å². The number of thiocarbonyl (C=S) groups is 1. The number of amides is 1. The van der Waals surface area contributed by atoms with Gasteiger partial charge in [-0.05, 0) is 69.4 Å². The van der Waals surface area contributed by atoms with Crippen molar-refractivity contribution < 1.29 is 26.4 Å². The van der Waals surface area contributed by atoms with E-state index in [0.717, 1.165) is 11.0 Å². The smallest absolute Gasteiger partial charge is 0.368 e. The molecule has 2 aromatic rings. The molecule has 0 spiro atoms. The average Bonchev–Trinajstić information content (AvgIpc) is 2.90. The number of hydrogen-bond acceptors (Lipinski definition) is 6. The zero-order valence-corrected chi connectivity index (χ0v) is 19.7. The number of hydrogen-bond donors (Lipinski definition) is 2. The second-order valence-electron chi connectivity index (χ2n) is 8.32. The Kier molecular flexibility index (Phi) is 5.39. The van der Waals surface area contributed by atoms with Crippen LogP contribution in [0.15, 0.2) is 41.3 Å². The molecule has 1 unspecified atom stereocenters. The summed E-state index contributed by atoms with van der Waals surface area (Å²) in [7, 11) is -3.84. The van der Waals surface area contributed by atoms with Crippen LogP contribution in [-0.4, -0.2) is 31.1 Å². The molecular formula is C21H18F3N5O3S2. The van der Waals surface area contributed by atoms with Crippen LogP contribution in [-0.2, 0) is 21.0 Å². The van der Waals surface area contributed by atoms with Crippen molar-refractivity contribution in [3.63, 3.8) is 0 Å². The van der Waals surface area contributed by atoms with Gasteiger partial charge in [0.05, 0.1) is 34.7 Å². The van der Waals surface area contributed by atoms with Crippen LogP contribution in [0.25, 0.3) is 0 Å². The van der Waals surface area contributed by atoms with E-state index in [0.29, 0.717) is 11.8 Å². The molecule has 8 nitrogen and oxygen atoms in total. The van der Waals surface area contributed by atoms with Gasteiger partial charge in [-0.25, -0.2) is 8.42 Å². The fourth-order valence-electron chi connectivity index (χ4n) is 4.01. The van der Waals surface area contributed by atoms with Gasteiger partial charge in [0.2, 0.25) is 10.0 Å². The highest BCUT2D eigenvalue weighted by Gasteiger charge is 2.51. The van der Waals surface area contributed by atoms with Gasteiger partial charge < -0.3 is 10.2 Å². The van der Waals surface area contributed by atoms with Crippen molar-refractivity contribution in [1.29, 1.82) is 5.26 Å². The van der Waals surface area contributed by atoms with E-state index < -0.39 is 44.9 Å². The summed E-state index contributed by atoms with van der Waals surface area (Å²) in [5, 5.41) is 11.9. The van der Waals surface area contributed by atoms with Gasteiger partial charge in [-0.1, -0.05) is 0 Å². The summed E-state index contributed by atoms with van der Waals surface area (Å²) < 4.78 is 68.1. The molecule has 0 saturated carbocycles. The largest absolute Gasteiger partial charge is 0.417 e. The van der Waals surface area contributed by atoms with Crippen LogP contribution in [0.3, 0.4) is 0 Å². The highest BCUT2D eigenvalue weighted by molar-refractivity contribution is 7.89. The Morgan fingerprint density at radius 2 is 1.79 bits per heavy atom. The van der Waals surface area contributed by atoms with Gasteiger partial charge in [0.1, 0.15) is 10.4 Å². The maximum atomic E-state index is 13.5. The molecule has 13 heteroatoms. The van der Waals surface area contributed by atoms with Gasteiger partial charge in [-0.15, -0.1) is 0 Å². The first kappa shape index (κ1) is 23.9. The molecule has 2 aliphatic rings. The van der Waals surface area contributed by atoms with Crippen molar-refractivity contribution in [3.8, 4) is 6.07 Å². The number of fused-ring (bicyclic) bond motifs is 1. The Balaban J connectivity index is 1.82. The van der Waals surface area contributed by atoms with Gasteiger partial charge in [-0.3, -0.25) is 9.69 Å². The second kappa shape index (κ2) is 7.66. The van der Waals surface area contributed by atoms with Gasteiger partial charge >= 0.3 is 6.18 Å². The SMILES string of the molecule is CC1Nc2ccc(N3C(=S)N(c4ccc(C#N)c(C(F)(F)F)c4)C(=O)C3(C)C)cc2S(=O)(=O)N1. The lowest BCUT2D eigenvalue weighted by Crippen LogP contribution is -2.45. The van der Waals surface area contributed by atoms with Crippen LogP contribution in [0, 0.1) is 11.3 Å². The van der Waals surface area contributed by atoms with Crippen molar-refractivity contribution in [2.75, 3.05) is 15.1 Å². The number of anilines is 3. The average molecular weight is 510 g/mol. The summed E-state index contributed by atoms with van der Waals surface area (Å²) in [6.45, 7) is 4.70. The highest BCUT2D eigenvalue weighted by atomic mass is 32.2. The molecule has 34 heavy (non-hydrogen) atoms. The fraction of sp³-hybridized carbons (Fsp3) is 0.286. The van der Waals surface area contributed by atoms with Crippen LogP contribution in [0.2, 0.25) is 0 Å². The summed E-state index contributed by atoms with van der Waals surface area (Å²) in [5.74, 6) is -0.610. The number of alkyl halides is 3. The molecule has 0 bridgehead atoms. The third-order valence-corrected chi connectivity index (χ3v) is 7.52. The minimum Gasteiger partial charge on any atom is -0.368 e. The van der Waals surface area contributed by atoms with Crippen LogP contribution in [0.1, 0.15) is 31.9 Å². The van der Waals surface area contributed by atoms with Crippen molar-refractivity contribution in [2.45, 2.75) is 43.5 Å². The van der Waals surface area contributed by atoms with E-state index in [1.54, 1.807) is 13.0 Å². The Morgan fingerprint density at radius 3 is 2.41 bits per heavy atom. The molecule has 0 aliphatic carbocycles. The first-order chi connectivity index (χ1) is 15.7. The summed E-state index contributed by atoms with van der Waals surface area (Å²) in [6, 6.07) is 8.85. The first-order valence-electron chi connectivity index (χ1n) is 9.91. The molecule has 2 heterocycles. The topological polar surface area (TPSA) is 106 Å². The lowest BCUT2D eigenvalue weighted by Gasteiger charge is -2.31. The number of rotatable bonds is 2. The van der Waals surface area contributed by atoms with E-state index in [2.05, 4.69) is 10.0 Å². The van der Waals surface area contributed by atoms with E-state index in [1.807, 2.05) is 0 Å². The Morgan fingerprint density at radius 1 is 1.15 bits per heavy atom. The Bertz CT molecular complexity index is 1380. The summed E-state index contributed by atoms with van der Waals surface area (Å²) in [4.78, 5) is 15.6. The molecule has 1 amide bonds. The summed E-state index contributed by atoms with van der Waals surface area (Å²) >= 11 is 5.48. The number of nitrogens with one attached hydrogen (secondary N) is 2. The lowest BCUT2D eigenvalue weighted by molar-refractivity contribution is -0.137. The number of benzene rings is 2. The first-order valence-corrected chi connectivity index (χ1v) is 11.8. The van der Waals surface area contributed by atoms with Crippen LogP contribution in [0.5, 0.6) is 0 Å².